The average molecular weight is 577 g/mol. The molecule has 1 nitrogen and oxygen atoms in total. The molecule has 1 heterocycles. The molecule has 0 spiro atoms. The van der Waals surface area contributed by atoms with Crippen LogP contribution in [0.25, 0.3) is 42.1 Å². The molecular formula is C23H13Br3OS. The number of hydrogen-bond acceptors (Lipinski definition) is 2. The van der Waals surface area contributed by atoms with Crippen LogP contribution in [0.5, 0.6) is 5.75 Å². The van der Waals surface area contributed by atoms with Gasteiger partial charge in [-0.1, -0.05) is 42.5 Å². The number of fused-ring (bicyclic) bond motifs is 4. The van der Waals surface area contributed by atoms with E-state index in [2.05, 4.69) is 108 Å². The number of ether oxygens (including phenoxy) is 1. The van der Waals surface area contributed by atoms with Crippen molar-refractivity contribution < 1.29 is 4.74 Å². The lowest BCUT2D eigenvalue weighted by atomic mass is 9.93. The average Bonchev–Trinajstić information content (AvgIpc) is 3.08. The van der Waals surface area contributed by atoms with Crippen LogP contribution in [-0.4, -0.2) is 7.11 Å². The zero-order valence-electron chi connectivity index (χ0n) is 14.7. The van der Waals surface area contributed by atoms with Gasteiger partial charge in [-0.2, -0.15) is 0 Å². The maximum atomic E-state index is 5.52. The molecule has 0 amide bonds. The molecule has 0 bridgehead atoms. The molecule has 0 unspecified atom stereocenters. The predicted molar refractivity (Wildman–Crippen MR) is 132 cm³/mol. The molecule has 0 radical (unpaired) electrons. The molecule has 0 aliphatic carbocycles. The molecule has 0 atom stereocenters. The smallest absolute Gasteiger partial charge is 0.147 e. The Labute approximate surface area is 191 Å². The van der Waals surface area contributed by atoms with E-state index in [0.29, 0.717) is 0 Å². The highest BCUT2D eigenvalue weighted by Crippen LogP contribution is 2.49. The Morgan fingerprint density at radius 3 is 2.07 bits per heavy atom. The van der Waals surface area contributed by atoms with Gasteiger partial charge in [0.1, 0.15) is 5.75 Å². The van der Waals surface area contributed by atoms with Crippen molar-refractivity contribution in [2.24, 2.45) is 0 Å². The summed E-state index contributed by atoms with van der Waals surface area (Å²) >= 11 is 13.1. The van der Waals surface area contributed by atoms with Crippen LogP contribution in [0, 0.1) is 0 Å². The lowest BCUT2D eigenvalue weighted by Gasteiger charge is -2.15. The van der Waals surface area contributed by atoms with Gasteiger partial charge in [0.2, 0.25) is 0 Å². The third kappa shape index (κ3) is 2.75. The number of rotatable bonds is 2. The molecule has 28 heavy (non-hydrogen) atoms. The molecule has 0 N–H and O–H groups in total. The van der Waals surface area contributed by atoms with Gasteiger partial charge in [0.15, 0.2) is 0 Å². The SMILES string of the molecule is COc1c(Br)cc(-c2c3ccccc3c(Br)c3sc4ccccc4c23)cc1Br. The third-order valence-electron chi connectivity index (χ3n) is 4.97. The summed E-state index contributed by atoms with van der Waals surface area (Å²) in [4.78, 5) is 0. The van der Waals surface area contributed by atoms with Crippen LogP contribution in [0.3, 0.4) is 0 Å². The van der Waals surface area contributed by atoms with E-state index < -0.39 is 0 Å². The summed E-state index contributed by atoms with van der Waals surface area (Å²) in [6.07, 6.45) is 0. The van der Waals surface area contributed by atoms with Crippen LogP contribution < -0.4 is 4.74 Å². The molecule has 5 rings (SSSR count). The standard InChI is InChI=1S/C23H13Br3OS/c1-27-22-16(24)10-12(11-17(22)25)19-13-6-2-3-7-14(13)21(26)23-20(19)15-8-4-5-9-18(15)28-23/h2-11H,1H3. The van der Waals surface area contributed by atoms with Gasteiger partial charge < -0.3 is 4.74 Å². The molecule has 1 aromatic heterocycles. The lowest BCUT2D eigenvalue weighted by molar-refractivity contribution is 0.409. The van der Waals surface area contributed by atoms with Crippen molar-refractivity contribution in [1.29, 1.82) is 0 Å². The number of methoxy groups -OCH3 is 1. The van der Waals surface area contributed by atoms with Crippen LogP contribution in [0.2, 0.25) is 0 Å². The molecule has 0 fully saturated rings. The largest absolute Gasteiger partial charge is 0.494 e. The maximum absolute atomic E-state index is 5.52. The summed E-state index contributed by atoms with van der Waals surface area (Å²) in [6, 6.07) is 21.5. The third-order valence-corrected chi connectivity index (χ3v) is 8.42. The van der Waals surface area contributed by atoms with E-state index in [1.54, 1.807) is 7.11 Å². The van der Waals surface area contributed by atoms with E-state index >= 15 is 0 Å². The Hall–Kier alpha value is -1.40. The second-order valence-corrected chi connectivity index (χ2v) is 10.1. The molecule has 5 aromatic rings. The first-order valence-corrected chi connectivity index (χ1v) is 11.8. The van der Waals surface area contributed by atoms with Crippen molar-refractivity contribution in [3.8, 4) is 16.9 Å². The van der Waals surface area contributed by atoms with Gasteiger partial charge in [-0.15, -0.1) is 11.3 Å². The Balaban J connectivity index is 2.03. The first-order chi connectivity index (χ1) is 13.6. The normalized spacial score (nSPS) is 11.6. The van der Waals surface area contributed by atoms with Gasteiger partial charge in [0.25, 0.3) is 0 Å². The summed E-state index contributed by atoms with van der Waals surface area (Å²) < 4.78 is 11.1. The molecular weight excluding hydrogens is 564 g/mol. The van der Waals surface area contributed by atoms with Gasteiger partial charge in [-0.25, -0.2) is 0 Å². The summed E-state index contributed by atoms with van der Waals surface area (Å²) in [5, 5.41) is 5.02. The van der Waals surface area contributed by atoms with Gasteiger partial charge >= 0.3 is 0 Å². The Morgan fingerprint density at radius 1 is 0.786 bits per heavy atom. The molecule has 0 aliphatic rings. The van der Waals surface area contributed by atoms with Gasteiger partial charge in [-0.05, 0) is 87.9 Å². The highest BCUT2D eigenvalue weighted by molar-refractivity contribution is 9.11. The number of thiophene rings is 1. The van der Waals surface area contributed by atoms with E-state index in [-0.39, 0.29) is 0 Å². The van der Waals surface area contributed by atoms with Gasteiger partial charge in [-0.3, -0.25) is 0 Å². The minimum absolute atomic E-state index is 0.802. The fraction of sp³-hybridized carbons (Fsp3) is 0.0435. The molecule has 0 aliphatic heterocycles. The highest BCUT2D eigenvalue weighted by Gasteiger charge is 2.20. The van der Waals surface area contributed by atoms with E-state index in [0.717, 1.165) is 24.7 Å². The van der Waals surface area contributed by atoms with Crippen molar-refractivity contribution >= 4 is 90.1 Å². The van der Waals surface area contributed by atoms with Crippen LogP contribution >= 0.6 is 59.1 Å². The van der Waals surface area contributed by atoms with Crippen LogP contribution in [0.4, 0.5) is 0 Å². The molecule has 5 heteroatoms. The second kappa shape index (κ2) is 7.13. The summed E-state index contributed by atoms with van der Waals surface area (Å²) in [5.74, 6) is 0.802. The first kappa shape index (κ1) is 18.6. The van der Waals surface area contributed by atoms with Crippen LogP contribution in [0.1, 0.15) is 0 Å². The van der Waals surface area contributed by atoms with Crippen molar-refractivity contribution in [2.45, 2.75) is 0 Å². The number of benzene rings is 4. The maximum Gasteiger partial charge on any atom is 0.147 e. The van der Waals surface area contributed by atoms with Crippen LogP contribution in [-0.2, 0) is 0 Å². The highest BCUT2D eigenvalue weighted by atomic mass is 79.9. The van der Waals surface area contributed by atoms with Crippen LogP contribution in [0.15, 0.2) is 74.1 Å². The Kier molecular flexibility index (Phi) is 4.74. The number of halogens is 3. The Bertz CT molecular complexity index is 1360. The summed E-state index contributed by atoms with van der Waals surface area (Å²) in [5.41, 5.74) is 2.40. The van der Waals surface area contributed by atoms with E-state index in [4.69, 9.17) is 4.74 Å². The second-order valence-electron chi connectivity index (χ2n) is 6.51. The van der Waals surface area contributed by atoms with E-state index in [1.807, 2.05) is 11.3 Å². The monoisotopic (exact) mass is 574 g/mol. The Morgan fingerprint density at radius 2 is 1.39 bits per heavy atom. The fourth-order valence-electron chi connectivity index (χ4n) is 3.80. The van der Waals surface area contributed by atoms with Crippen molar-refractivity contribution in [2.75, 3.05) is 7.11 Å². The minimum atomic E-state index is 0.802. The first-order valence-electron chi connectivity index (χ1n) is 8.65. The summed E-state index contributed by atoms with van der Waals surface area (Å²) in [6.45, 7) is 0. The quantitative estimate of drug-likeness (QED) is 0.203. The predicted octanol–water partition coefficient (Wildman–Crippen LogP) is 9.17. The van der Waals surface area contributed by atoms with E-state index in [1.165, 1.54) is 36.5 Å². The van der Waals surface area contributed by atoms with Gasteiger partial charge in [0.05, 0.1) is 20.8 Å². The molecule has 0 saturated carbocycles. The van der Waals surface area contributed by atoms with Crippen molar-refractivity contribution in [3.05, 3.63) is 74.1 Å². The van der Waals surface area contributed by atoms with Crippen molar-refractivity contribution in [1.82, 2.24) is 0 Å². The zero-order chi connectivity index (χ0) is 19.4. The molecule has 4 aromatic carbocycles. The summed E-state index contributed by atoms with van der Waals surface area (Å²) in [7, 11) is 1.68. The lowest BCUT2D eigenvalue weighted by Crippen LogP contribution is -1.90. The topological polar surface area (TPSA) is 9.23 Å². The van der Waals surface area contributed by atoms with Gasteiger partial charge in [0, 0.05) is 19.9 Å². The number of hydrogen-bond donors (Lipinski definition) is 0. The minimum Gasteiger partial charge on any atom is -0.494 e. The molecule has 0 saturated heterocycles. The fourth-order valence-corrected chi connectivity index (χ4v) is 7.25. The zero-order valence-corrected chi connectivity index (χ0v) is 20.3. The molecule has 138 valence electrons. The van der Waals surface area contributed by atoms with Crippen molar-refractivity contribution in [3.63, 3.8) is 0 Å². The van der Waals surface area contributed by atoms with E-state index in [9.17, 15) is 0 Å².